The molecular formula is C16H25ClN2O2. The molecule has 0 radical (unpaired) electrons. The van der Waals surface area contributed by atoms with Crippen LogP contribution in [0.2, 0.25) is 0 Å². The molecule has 0 bridgehead atoms. The van der Waals surface area contributed by atoms with Crippen LogP contribution in [0, 0.1) is 5.92 Å². The highest BCUT2D eigenvalue weighted by molar-refractivity contribution is 5.85. The number of methoxy groups -OCH3 is 1. The van der Waals surface area contributed by atoms with E-state index >= 15 is 0 Å². The van der Waals surface area contributed by atoms with Crippen molar-refractivity contribution in [1.29, 1.82) is 0 Å². The van der Waals surface area contributed by atoms with Crippen LogP contribution in [0.25, 0.3) is 0 Å². The second-order valence-corrected chi connectivity index (χ2v) is 5.38. The van der Waals surface area contributed by atoms with Crippen molar-refractivity contribution in [2.75, 3.05) is 20.2 Å². The van der Waals surface area contributed by atoms with Crippen molar-refractivity contribution in [1.82, 2.24) is 10.6 Å². The standard InChI is InChI=1S/C16H24N2O2.ClH/c1-3-15(13-6-8-14(20-2)9-7-13)18-16(19)11-17-10-12-4-5-12;/h6-9,12,15,17H,3-5,10-11H2,1-2H3,(H,18,19);1H. The lowest BCUT2D eigenvalue weighted by Gasteiger charge is -2.18. The number of halogens is 1. The SMILES string of the molecule is CCC(NC(=O)CNCC1CC1)c1ccc(OC)cc1.Cl. The van der Waals surface area contributed by atoms with Gasteiger partial charge in [-0.3, -0.25) is 4.79 Å². The maximum Gasteiger partial charge on any atom is 0.234 e. The predicted molar refractivity (Wildman–Crippen MR) is 87.0 cm³/mol. The second-order valence-electron chi connectivity index (χ2n) is 5.38. The molecule has 1 unspecified atom stereocenters. The highest BCUT2D eigenvalue weighted by Crippen LogP contribution is 2.27. The van der Waals surface area contributed by atoms with Crippen molar-refractivity contribution in [3.8, 4) is 5.75 Å². The number of nitrogens with one attached hydrogen (secondary N) is 2. The topological polar surface area (TPSA) is 50.4 Å². The summed E-state index contributed by atoms with van der Waals surface area (Å²) in [4.78, 5) is 11.9. The minimum absolute atomic E-state index is 0. The lowest BCUT2D eigenvalue weighted by atomic mass is 10.0. The summed E-state index contributed by atoms with van der Waals surface area (Å²) >= 11 is 0. The van der Waals surface area contributed by atoms with Crippen LogP contribution in [0.4, 0.5) is 0 Å². The Morgan fingerprint density at radius 3 is 2.52 bits per heavy atom. The maximum absolute atomic E-state index is 11.9. The quantitative estimate of drug-likeness (QED) is 0.776. The Kier molecular flexibility index (Phi) is 7.54. The molecule has 1 saturated carbocycles. The minimum atomic E-state index is 0. The van der Waals surface area contributed by atoms with Gasteiger partial charge in [-0.25, -0.2) is 0 Å². The van der Waals surface area contributed by atoms with Gasteiger partial charge in [0.25, 0.3) is 0 Å². The van der Waals surface area contributed by atoms with E-state index in [4.69, 9.17) is 4.74 Å². The van der Waals surface area contributed by atoms with Gasteiger partial charge in [-0.1, -0.05) is 19.1 Å². The molecule has 0 spiro atoms. The molecule has 1 aromatic rings. The molecule has 1 aliphatic rings. The zero-order valence-electron chi connectivity index (χ0n) is 12.7. The largest absolute Gasteiger partial charge is 0.497 e. The molecule has 1 atom stereocenters. The van der Waals surface area contributed by atoms with E-state index in [0.717, 1.165) is 30.2 Å². The number of benzene rings is 1. The molecule has 0 saturated heterocycles. The molecule has 5 heteroatoms. The predicted octanol–water partition coefficient (Wildman–Crippen LogP) is 2.68. The van der Waals surface area contributed by atoms with Gasteiger partial charge in [0, 0.05) is 0 Å². The fourth-order valence-corrected chi connectivity index (χ4v) is 2.21. The maximum atomic E-state index is 11.9. The molecule has 4 nitrogen and oxygen atoms in total. The van der Waals surface area contributed by atoms with Crippen molar-refractivity contribution in [2.45, 2.75) is 32.2 Å². The summed E-state index contributed by atoms with van der Waals surface area (Å²) < 4.78 is 5.15. The number of ether oxygens (including phenoxy) is 1. The molecule has 21 heavy (non-hydrogen) atoms. The number of carbonyl (C=O) groups excluding carboxylic acids is 1. The van der Waals surface area contributed by atoms with Crippen LogP contribution >= 0.6 is 12.4 Å². The van der Waals surface area contributed by atoms with Crippen LogP contribution in [0.3, 0.4) is 0 Å². The van der Waals surface area contributed by atoms with Gasteiger partial charge in [0.05, 0.1) is 19.7 Å². The third-order valence-corrected chi connectivity index (χ3v) is 3.68. The van der Waals surface area contributed by atoms with Crippen molar-refractivity contribution in [2.24, 2.45) is 5.92 Å². The lowest BCUT2D eigenvalue weighted by Crippen LogP contribution is -2.36. The molecule has 2 N–H and O–H groups in total. The van der Waals surface area contributed by atoms with Gasteiger partial charge in [0.2, 0.25) is 5.91 Å². The van der Waals surface area contributed by atoms with Gasteiger partial charge in [-0.15, -0.1) is 12.4 Å². The van der Waals surface area contributed by atoms with Gasteiger partial charge in [-0.2, -0.15) is 0 Å². The monoisotopic (exact) mass is 312 g/mol. The van der Waals surface area contributed by atoms with Crippen molar-refractivity contribution in [3.63, 3.8) is 0 Å². The normalized spacial score (nSPS) is 15.0. The van der Waals surface area contributed by atoms with Crippen LogP contribution in [-0.4, -0.2) is 26.1 Å². The molecule has 1 amide bonds. The molecule has 2 rings (SSSR count). The zero-order chi connectivity index (χ0) is 14.4. The summed E-state index contributed by atoms with van der Waals surface area (Å²) in [5, 5.41) is 6.29. The van der Waals surface area contributed by atoms with Gasteiger partial charge in [0.15, 0.2) is 0 Å². The van der Waals surface area contributed by atoms with Gasteiger partial charge in [-0.05, 0) is 49.4 Å². The first-order chi connectivity index (χ1) is 9.72. The highest BCUT2D eigenvalue weighted by atomic mass is 35.5. The van der Waals surface area contributed by atoms with Crippen LogP contribution < -0.4 is 15.4 Å². The molecule has 0 aliphatic heterocycles. The minimum Gasteiger partial charge on any atom is -0.497 e. The van der Waals surface area contributed by atoms with Crippen molar-refractivity contribution < 1.29 is 9.53 Å². The smallest absolute Gasteiger partial charge is 0.234 e. The van der Waals surface area contributed by atoms with Crippen LogP contribution in [0.5, 0.6) is 5.75 Å². The Balaban J connectivity index is 0.00000220. The molecule has 1 fully saturated rings. The van der Waals surface area contributed by atoms with E-state index in [1.165, 1.54) is 12.8 Å². The number of hydrogen-bond donors (Lipinski definition) is 2. The molecular weight excluding hydrogens is 288 g/mol. The Hall–Kier alpha value is -1.26. The average molecular weight is 313 g/mol. The lowest BCUT2D eigenvalue weighted by molar-refractivity contribution is -0.121. The van der Waals surface area contributed by atoms with E-state index in [1.54, 1.807) is 7.11 Å². The van der Waals surface area contributed by atoms with E-state index in [0.29, 0.717) is 6.54 Å². The highest BCUT2D eigenvalue weighted by Gasteiger charge is 2.21. The summed E-state index contributed by atoms with van der Waals surface area (Å²) in [5.74, 6) is 1.70. The number of rotatable bonds is 8. The van der Waals surface area contributed by atoms with Gasteiger partial charge < -0.3 is 15.4 Å². The number of hydrogen-bond acceptors (Lipinski definition) is 3. The Bertz CT molecular complexity index is 432. The van der Waals surface area contributed by atoms with Crippen LogP contribution in [0.1, 0.15) is 37.8 Å². The zero-order valence-corrected chi connectivity index (χ0v) is 13.5. The first-order valence-corrected chi connectivity index (χ1v) is 7.37. The summed E-state index contributed by atoms with van der Waals surface area (Å²) in [6.45, 7) is 3.45. The third-order valence-electron chi connectivity index (χ3n) is 3.68. The summed E-state index contributed by atoms with van der Waals surface area (Å²) in [7, 11) is 1.65. The second kappa shape index (κ2) is 8.90. The van der Waals surface area contributed by atoms with E-state index < -0.39 is 0 Å². The fourth-order valence-electron chi connectivity index (χ4n) is 2.21. The van der Waals surface area contributed by atoms with Crippen molar-refractivity contribution >= 4 is 18.3 Å². The van der Waals surface area contributed by atoms with E-state index in [1.807, 2.05) is 24.3 Å². The Labute approximate surface area is 133 Å². The molecule has 118 valence electrons. The molecule has 0 aromatic heterocycles. The first-order valence-electron chi connectivity index (χ1n) is 7.37. The Morgan fingerprint density at radius 2 is 2.00 bits per heavy atom. The fraction of sp³-hybridized carbons (Fsp3) is 0.562. The van der Waals surface area contributed by atoms with E-state index in [2.05, 4.69) is 17.6 Å². The van der Waals surface area contributed by atoms with Crippen LogP contribution in [-0.2, 0) is 4.79 Å². The van der Waals surface area contributed by atoms with E-state index in [9.17, 15) is 4.79 Å². The van der Waals surface area contributed by atoms with Crippen LogP contribution in [0.15, 0.2) is 24.3 Å². The number of carbonyl (C=O) groups is 1. The summed E-state index contributed by atoms with van der Waals surface area (Å²) in [5.41, 5.74) is 1.11. The molecule has 1 aliphatic carbocycles. The average Bonchev–Trinajstić information content (AvgIpc) is 3.29. The first kappa shape index (κ1) is 17.8. The van der Waals surface area contributed by atoms with E-state index in [-0.39, 0.29) is 24.4 Å². The van der Waals surface area contributed by atoms with Crippen molar-refractivity contribution in [3.05, 3.63) is 29.8 Å². The molecule has 1 aromatic carbocycles. The van der Waals surface area contributed by atoms with Gasteiger partial charge >= 0.3 is 0 Å². The third kappa shape index (κ3) is 5.94. The Morgan fingerprint density at radius 1 is 1.33 bits per heavy atom. The summed E-state index contributed by atoms with van der Waals surface area (Å²) in [6.07, 6.45) is 3.48. The van der Waals surface area contributed by atoms with Gasteiger partial charge in [0.1, 0.15) is 5.75 Å². The summed E-state index contributed by atoms with van der Waals surface area (Å²) in [6, 6.07) is 7.93. The number of amides is 1. The molecule has 0 heterocycles.